The molecule has 1 N–H and O–H groups in total. The highest BCUT2D eigenvalue weighted by Crippen LogP contribution is 2.57. The van der Waals surface area contributed by atoms with Crippen molar-refractivity contribution in [2.24, 2.45) is 0 Å². The molecule has 2 aliphatic heterocycles. The van der Waals surface area contributed by atoms with Crippen molar-refractivity contribution in [1.29, 1.82) is 0 Å². The summed E-state index contributed by atoms with van der Waals surface area (Å²) >= 11 is 1.47. The molecule has 0 bridgehead atoms. The maximum absolute atomic E-state index is 11.2. The number of likely N-dealkylation sites (N-methyl/N-ethyl adjacent to an activating group) is 1. The monoisotopic (exact) mass is 372 g/mol. The number of nitro groups is 1. The zero-order valence-corrected chi connectivity index (χ0v) is 15.2. The Bertz CT molecular complexity index is 974. The van der Waals surface area contributed by atoms with Gasteiger partial charge in [-0.2, -0.15) is 0 Å². The first kappa shape index (κ1) is 16.6. The lowest BCUT2D eigenvalue weighted by Gasteiger charge is -2.40. The molecular weight excluding hydrogens is 356 g/mol. The number of anilines is 1. The zero-order valence-electron chi connectivity index (χ0n) is 14.3. The zero-order chi connectivity index (χ0) is 18.6. The summed E-state index contributed by atoms with van der Waals surface area (Å²) in [4.78, 5) is 13.6. The van der Waals surface area contributed by atoms with Gasteiger partial charge in [-0.1, -0.05) is 0 Å². The van der Waals surface area contributed by atoms with Gasteiger partial charge in [0.2, 0.25) is 0 Å². The van der Waals surface area contributed by atoms with Gasteiger partial charge >= 0.3 is 0 Å². The van der Waals surface area contributed by atoms with Crippen molar-refractivity contribution < 1.29 is 19.5 Å². The molecule has 8 heteroatoms. The first-order chi connectivity index (χ1) is 12.4. The predicted molar refractivity (Wildman–Crippen MR) is 99.0 cm³/mol. The minimum atomic E-state index is -0.841. The van der Waals surface area contributed by atoms with Crippen LogP contribution in [0.5, 0.6) is 17.2 Å². The third-order valence-electron chi connectivity index (χ3n) is 4.60. The summed E-state index contributed by atoms with van der Waals surface area (Å²) < 4.78 is 11.7. The molecule has 0 fully saturated rings. The smallest absolute Gasteiger partial charge is 0.274 e. The van der Waals surface area contributed by atoms with Crippen LogP contribution in [0.4, 0.5) is 11.4 Å². The summed E-state index contributed by atoms with van der Waals surface area (Å²) in [5.74, 6) is 0.956. The van der Waals surface area contributed by atoms with Gasteiger partial charge in [-0.05, 0) is 43.0 Å². The van der Waals surface area contributed by atoms with Gasteiger partial charge < -0.3 is 19.5 Å². The third kappa shape index (κ3) is 2.22. The van der Waals surface area contributed by atoms with Gasteiger partial charge in [0, 0.05) is 29.1 Å². The predicted octanol–water partition coefficient (Wildman–Crippen LogP) is 4.00. The number of methoxy groups -OCH3 is 1. The minimum absolute atomic E-state index is 0.0511. The van der Waals surface area contributed by atoms with E-state index >= 15 is 0 Å². The Morgan fingerprint density at radius 1 is 1.35 bits per heavy atom. The van der Waals surface area contributed by atoms with Crippen LogP contribution in [0.3, 0.4) is 0 Å². The summed E-state index contributed by atoms with van der Waals surface area (Å²) in [7, 11) is 3.37. The molecule has 0 amide bonds. The molecular formula is C18H16N2O5S. The fourth-order valence-corrected chi connectivity index (χ4v) is 4.66. The van der Waals surface area contributed by atoms with E-state index in [9.17, 15) is 15.2 Å². The van der Waals surface area contributed by atoms with Crippen LogP contribution in [-0.4, -0.2) is 29.2 Å². The second kappa shape index (κ2) is 5.57. The molecule has 2 heterocycles. The van der Waals surface area contributed by atoms with Crippen molar-refractivity contribution in [1.82, 2.24) is 0 Å². The van der Waals surface area contributed by atoms with E-state index in [-0.39, 0.29) is 11.4 Å². The van der Waals surface area contributed by atoms with Crippen molar-refractivity contribution in [3.05, 3.63) is 51.6 Å². The van der Waals surface area contributed by atoms with Crippen molar-refractivity contribution in [2.45, 2.75) is 16.9 Å². The van der Waals surface area contributed by atoms with E-state index < -0.39 is 9.98 Å². The topological polar surface area (TPSA) is 85.1 Å². The molecule has 0 saturated heterocycles. The number of hydrogen-bond donors (Lipinski definition) is 1. The van der Waals surface area contributed by atoms with E-state index in [4.69, 9.17) is 9.47 Å². The molecule has 26 heavy (non-hydrogen) atoms. The Balaban J connectivity index is 1.85. The number of rotatable bonds is 2. The number of thioether (sulfide) groups is 1. The summed E-state index contributed by atoms with van der Waals surface area (Å²) in [5.41, 5.74) is 2.37. The molecule has 1 unspecified atom stereocenters. The fraction of sp³-hybridized carbons (Fsp3) is 0.222. The quantitative estimate of drug-likeness (QED) is 0.630. The SMILES string of the molecule is COc1cc([N+](=O)[O-])cc2c1OC1(Sc3cc(O)ccc3N1C)C(C)=C2. The summed E-state index contributed by atoms with van der Waals surface area (Å²) in [6, 6.07) is 8.01. The molecule has 0 aliphatic carbocycles. The number of non-ortho nitro benzene ring substituents is 1. The van der Waals surface area contributed by atoms with Crippen LogP contribution < -0.4 is 14.4 Å². The van der Waals surface area contributed by atoms with Gasteiger partial charge in [-0.15, -0.1) is 0 Å². The highest BCUT2D eigenvalue weighted by molar-refractivity contribution is 8.01. The number of phenolic OH excluding ortho intramolecular Hbond substituents is 1. The number of fused-ring (bicyclic) bond motifs is 2. The summed E-state index contributed by atoms with van der Waals surface area (Å²) in [5, 5.41) is 20.1. The Morgan fingerprint density at radius 3 is 2.81 bits per heavy atom. The third-order valence-corrected chi connectivity index (χ3v) is 6.11. The highest BCUT2D eigenvalue weighted by atomic mass is 32.2. The van der Waals surface area contributed by atoms with Crippen molar-refractivity contribution in [2.75, 3.05) is 19.1 Å². The van der Waals surface area contributed by atoms with Crippen LogP contribution in [0.15, 0.2) is 40.8 Å². The number of ether oxygens (including phenoxy) is 2. The van der Waals surface area contributed by atoms with Crippen LogP contribution in [0, 0.1) is 10.1 Å². The van der Waals surface area contributed by atoms with E-state index in [1.807, 2.05) is 31.0 Å². The lowest BCUT2D eigenvalue weighted by atomic mass is 10.0. The standard InChI is InChI=1S/C18H16N2O5S/c1-10-6-11-7-12(20(22)23)8-15(24-3)17(11)25-18(10)19(2)14-5-4-13(21)9-16(14)26-18/h4-9,21H,1-3H3. The molecule has 0 saturated carbocycles. The van der Waals surface area contributed by atoms with Gasteiger partial charge in [-0.3, -0.25) is 10.1 Å². The number of hydrogen-bond acceptors (Lipinski definition) is 7. The number of benzene rings is 2. The van der Waals surface area contributed by atoms with Crippen molar-refractivity contribution >= 4 is 29.2 Å². The molecule has 0 aromatic heterocycles. The van der Waals surface area contributed by atoms with Crippen LogP contribution in [0.1, 0.15) is 12.5 Å². The molecule has 2 aliphatic rings. The largest absolute Gasteiger partial charge is 0.508 e. The molecule has 7 nitrogen and oxygen atoms in total. The Labute approximate surface area is 154 Å². The number of nitrogens with zero attached hydrogens (tertiary/aromatic N) is 2. The van der Waals surface area contributed by atoms with Gasteiger partial charge in [0.25, 0.3) is 10.7 Å². The normalized spacial score (nSPS) is 20.3. The van der Waals surface area contributed by atoms with Gasteiger partial charge in [-0.25, -0.2) is 0 Å². The van der Waals surface area contributed by atoms with Gasteiger partial charge in [0.15, 0.2) is 11.5 Å². The molecule has 2 aromatic rings. The maximum atomic E-state index is 11.2. The minimum Gasteiger partial charge on any atom is -0.508 e. The van der Waals surface area contributed by atoms with E-state index in [1.54, 1.807) is 12.1 Å². The van der Waals surface area contributed by atoms with E-state index in [0.717, 1.165) is 16.2 Å². The van der Waals surface area contributed by atoms with Gasteiger partial charge in [0.1, 0.15) is 5.75 Å². The average molecular weight is 372 g/mol. The second-order valence-corrected chi connectivity index (χ2v) is 7.35. The Kier molecular flexibility index (Phi) is 3.55. The Hall–Kier alpha value is -2.87. The second-order valence-electron chi connectivity index (χ2n) is 6.15. The number of aromatic hydroxyl groups is 1. The Morgan fingerprint density at radius 2 is 2.12 bits per heavy atom. The highest BCUT2D eigenvalue weighted by Gasteiger charge is 2.49. The van der Waals surface area contributed by atoms with Crippen molar-refractivity contribution in [3.63, 3.8) is 0 Å². The molecule has 0 radical (unpaired) electrons. The molecule has 4 rings (SSSR count). The average Bonchev–Trinajstić information content (AvgIpc) is 2.87. The van der Waals surface area contributed by atoms with Crippen LogP contribution in [0.25, 0.3) is 6.08 Å². The van der Waals surface area contributed by atoms with Gasteiger partial charge in [0.05, 0.1) is 23.8 Å². The molecule has 2 aromatic carbocycles. The lowest BCUT2D eigenvalue weighted by molar-refractivity contribution is -0.385. The first-order valence-corrected chi connectivity index (χ1v) is 8.67. The van der Waals surface area contributed by atoms with Crippen molar-refractivity contribution in [3.8, 4) is 17.2 Å². The first-order valence-electron chi connectivity index (χ1n) is 7.86. The lowest BCUT2D eigenvalue weighted by Crippen LogP contribution is -2.48. The fourth-order valence-electron chi connectivity index (χ4n) is 3.30. The number of phenols is 1. The van der Waals surface area contributed by atoms with E-state index in [2.05, 4.69) is 0 Å². The molecule has 134 valence electrons. The molecule has 1 spiro atoms. The van der Waals surface area contributed by atoms with Crippen LogP contribution >= 0.6 is 11.8 Å². The van der Waals surface area contributed by atoms with Crippen LogP contribution in [-0.2, 0) is 0 Å². The van der Waals surface area contributed by atoms with E-state index in [1.165, 1.54) is 31.0 Å². The van der Waals surface area contributed by atoms with Crippen LogP contribution in [0.2, 0.25) is 0 Å². The number of nitro benzene ring substituents is 1. The van der Waals surface area contributed by atoms with E-state index in [0.29, 0.717) is 17.1 Å². The summed E-state index contributed by atoms with van der Waals surface area (Å²) in [6.07, 6.45) is 1.88. The maximum Gasteiger partial charge on any atom is 0.274 e. The molecule has 1 atom stereocenters. The summed E-state index contributed by atoms with van der Waals surface area (Å²) in [6.45, 7) is 1.92.